The Morgan fingerprint density at radius 2 is 1.87 bits per heavy atom. The van der Waals surface area contributed by atoms with Crippen LogP contribution in [0, 0.1) is 0 Å². The highest BCUT2D eigenvalue weighted by molar-refractivity contribution is 9.10. The van der Waals surface area contributed by atoms with Crippen LogP contribution in [0.1, 0.15) is 5.56 Å². The van der Waals surface area contributed by atoms with E-state index in [0.717, 1.165) is 10.0 Å². The fourth-order valence-electron chi connectivity index (χ4n) is 1.15. The normalized spacial score (nSPS) is 20.3. The lowest BCUT2D eigenvalue weighted by molar-refractivity contribution is 0.935. The number of hydrogen-bond donors (Lipinski definition) is 1. The van der Waals surface area contributed by atoms with E-state index >= 15 is 0 Å². The third-order valence-electron chi connectivity index (χ3n) is 1.79. The van der Waals surface area contributed by atoms with Crippen molar-refractivity contribution in [1.82, 2.24) is 5.32 Å². The van der Waals surface area contributed by atoms with Crippen LogP contribution in [0.15, 0.2) is 38.7 Å². The quantitative estimate of drug-likeness (QED) is 0.628. The highest BCUT2D eigenvalue weighted by atomic mass is 79.9. The second-order valence-corrected chi connectivity index (χ2v) is 4.50. The Kier molecular flexibility index (Phi) is 3.29. The third-order valence-corrected chi connectivity index (χ3v) is 2.71. The second kappa shape index (κ2) is 4.51. The highest BCUT2D eigenvalue weighted by Crippen LogP contribution is 2.14. The van der Waals surface area contributed by atoms with Crippen LogP contribution in [0.25, 0.3) is 0 Å². The summed E-state index contributed by atoms with van der Waals surface area (Å²) in [6, 6.07) is 7.66. The minimum absolute atomic E-state index is 0.253. The summed E-state index contributed by atoms with van der Waals surface area (Å²) in [6.07, 6.45) is 0. The molecule has 0 aromatic heterocycles. The van der Waals surface area contributed by atoms with Gasteiger partial charge in [-0.2, -0.15) is 0 Å². The Balaban J connectivity index is 2.29. The Morgan fingerprint density at radius 1 is 1.20 bits per heavy atom. The molecule has 1 aliphatic heterocycles. The van der Waals surface area contributed by atoms with Gasteiger partial charge in [0, 0.05) is 10.0 Å². The van der Waals surface area contributed by atoms with Gasteiger partial charge in [0.2, 0.25) is 5.62 Å². The number of nitrogens with zero attached hydrogens (tertiary/aromatic N) is 2. The molecule has 2 rings (SSSR count). The molecule has 1 heterocycles. The maximum Gasteiger partial charge on any atom is 0.220 e. The van der Waals surface area contributed by atoms with Crippen LogP contribution in [0.4, 0.5) is 0 Å². The molecule has 1 aromatic carbocycles. The van der Waals surface area contributed by atoms with Gasteiger partial charge >= 0.3 is 0 Å². The smallest absolute Gasteiger partial charge is 0.220 e. The monoisotopic (exact) mass is 305 g/mol. The molecule has 0 radical (unpaired) electrons. The summed E-state index contributed by atoms with van der Waals surface area (Å²) >= 11 is 14.9. The van der Waals surface area contributed by atoms with Gasteiger partial charge in [0.25, 0.3) is 0 Å². The molecule has 0 bridgehead atoms. The zero-order valence-electron chi connectivity index (χ0n) is 7.42. The zero-order chi connectivity index (χ0) is 10.8. The van der Waals surface area contributed by atoms with E-state index in [1.54, 1.807) is 0 Å². The summed E-state index contributed by atoms with van der Waals surface area (Å²) in [5.74, 6) is 0.627. The van der Waals surface area contributed by atoms with Gasteiger partial charge in [0.1, 0.15) is 5.84 Å². The van der Waals surface area contributed by atoms with E-state index in [-0.39, 0.29) is 5.29 Å². The first kappa shape index (κ1) is 10.9. The maximum absolute atomic E-state index is 5.78. The number of aliphatic imine (C=N–C) groups is 2. The van der Waals surface area contributed by atoms with Crippen molar-refractivity contribution in [3.63, 3.8) is 0 Å². The Bertz CT molecular complexity index is 427. The van der Waals surface area contributed by atoms with E-state index in [2.05, 4.69) is 31.2 Å². The minimum Gasteiger partial charge on any atom is -0.315 e. The molecule has 15 heavy (non-hydrogen) atoms. The molecule has 1 N–H and O–H groups in total. The summed E-state index contributed by atoms with van der Waals surface area (Å²) in [6.45, 7) is 0. The molecule has 0 fully saturated rings. The van der Waals surface area contributed by atoms with E-state index in [0.29, 0.717) is 5.84 Å². The van der Waals surface area contributed by atoms with Crippen LogP contribution in [-0.4, -0.2) is 16.8 Å². The van der Waals surface area contributed by atoms with Crippen LogP contribution in [0.3, 0.4) is 0 Å². The van der Waals surface area contributed by atoms with Gasteiger partial charge in [-0.1, -0.05) is 39.7 Å². The Morgan fingerprint density at radius 3 is 2.47 bits per heavy atom. The summed E-state index contributed by atoms with van der Waals surface area (Å²) < 4.78 is 1.00. The number of benzene rings is 1. The molecular weight excluding hydrogens is 301 g/mol. The number of nitrogens with one attached hydrogen (secondary N) is 1. The maximum atomic E-state index is 5.78. The van der Waals surface area contributed by atoms with Crippen LogP contribution >= 0.6 is 39.1 Å². The third kappa shape index (κ3) is 2.71. The van der Waals surface area contributed by atoms with E-state index in [9.17, 15) is 0 Å². The first-order valence-electron chi connectivity index (χ1n) is 4.13. The van der Waals surface area contributed by atoms with Gasteiger partial charge in [0.15, 0.2) is 5.29 Å². The molecule has 0 spiro atoms. The number of amidine groups is 2. The van der Waals surface area contributed by atoms with E-state index < -0.39 is 5.62 Å². The van der Waals surface area contributed by atoms with Crippen molar-refractivity contribution in [3.8, 4) is 0 Å². The predicted molar refractivity (Wildman–Crippen MR) is 66.7 cm³/mol. The average molecular weight is 307 g/mol. The molecular formula is C9H6BrCl2N3. The van der Waals surface area contributed by atoms with Crippen molar-refractivity contribution < 1.29 is 0 Å². The summed E-state index contributed by atoms with van der Waals surface area (Å²) in [7, 11) is 0. The number of halogens is 3. The summed E-state index contributed by atoms with van der Waals surface area (Å²) in [5.41, 5.74) is 0.259. The van der Waals surface area contributed by atoms with Gasteiger partial charge in [-0.05, 0) is 23.7 Å². The second-order valence-electron chi connectivity index (χ2n) is 2.84. The molecule has 1 unspecified atom stereocenters. The molecule has 0 aliphatic carbocycles. The Hall–Kier alpha value is -0.580. The molecule has 6 heteroatoms. The molecule has 1 atom stereocenters. The van der Waals surface area contributed by atoms with Crippen LogP contribution in [0.2, 0.25) is 0 Å². The lowest BCUT2D eigenvalue weighted by Crippen LogP contribution is -2.32. The van der Waals surface area contributed by atoms with Crippen molar-refractivity contribution in [2.75, 3.05) is 0 Å². The molecule has 0 saturated heterocycles. The van der Waals surface area contributed by atoms with Crippen LogP contribution < -0.4 is 5.32 Å². The molecule has 0 amide bonds. The van der Waals surface area contributed by atoms with Crippen molar-refractivity contribution in [3.05, 3.63) is 34.3 Å². The molecule has 78 valence electrons. The van der Waals surface area contributed by atoms with Crippen molar-refractivity contribution in [1.29, 1.82) is 0 Å². The van der Waals surface area contributed by atoms with Crippen molar-refractivity contribution in [2.45, 2.75) is 5.62 Å². The number of hydrogen-bond acceptors (Lipinski definition) is 3. The summed E-state index contributed by atoms with van der Waals surface area (Å²) in [4.78, 5) is 7.93. The topological polar surface area (TPSA) is 36.8 Å². The fourth-order valence-corrected chi connectivity index (χ4v) is 1.84. The van der Waals surface area contributed by atoms with E-state index in [4.69, 9.17) is 23.2 Å². The van der Waals surface area contributed by atoms with Gasteiger partial charge in [-0.25, -0.2) is 9.98 Å². The van der Waals surface area contributed by atoms with Crippen LogP contribution in [0.5, 0.6) is 0 Å². The van der Waals surface area contributed by atoms with Crippen LogP contribution in [-0.2, 0) is 0 Å². The van der Waals surface area contributed by atoms with Gasteiger partial charge in [-0.15, -0.1) is 0 Å². The van der Waals surface area contributed by atoms with Crippen molar-refractivity contribution >= 4 is 50.3 Å². The minimum atomic E-state index is -0.655. The van der Waals surface area contributed by atoms with Gasteiger partial charge in [-0.3, -0.25) is 0 Å². The predicted octanol–water partition coefficient (Wildman–Crippen LogP) is 2.92. The zero-order valence-corrected chi connectivity index (χ0v) is 10.5. The van der Waals surface area contributed by atoms with Gasteiger partial charge in [0.05, 0.1) is 0 Å². The standard InChI is InChI=1S/C9H6BrCl2N3/c10-6-3-1-5(2-4-6)7-13-8(11)15-9(12)14-7/h1-4,8H,(H,13,14,15). The average Bonchev–Trinajstić information content (AvgIpc) is 2.17. The van der Waals surface area contributed by atoms with Crippen molar-refractivity contribution in [2.24, 2.45) is 9.98 Å². The lowest BCUT2D eigenvalue weighted by atomic mass is 10.2. The first-order chi connectivity index (χ1) is 7.15. The lowest BCUT2D eigenvalue weighted by Gasteiger charge is -2.14. The highest BCUT2D eigenvalue weighted by Gasteiger charge is 2.13. The van der Waals surface area contributed by atoms with Gasteiger partial charge < -0.3 is 5.32 Å². The first-order valence-corrected chi connectivity index (χ1v) is 5.74. The Labute approximate surface area is 105 Å². The number of rotatable bonds is 1. The largest absolute Gasteiger partial charge is 0.315 e. The SMILES string of the molecule is ClC1=NC(Cl)N=C(c2ccc(Br)cc2)N1. The summed E-state index contributed by atoms with van der Waals surface area (Å²) in [5, 5.41) is 3.10. The number of alkyl halides is 1. The molecule has 0 saturated carbocycles. The molecule has 1 aromatic rings. The molecule has 1 aliphatic rings. The molecule has 3 nitrogen and oxygen atoms in total. The van der Waals surface area contributed by atoms with E-state index in [1.165, 1.54) is 0 Å². The van der Waals surface area contributed by atoms with E-state index in [1.807, 2.05) is 24.3 Å². The fraction of sp³-hybridized carbons (Fsp3) is 0.111.